The summed E-state index contributed by atoms with van der Waals surface area (Å²) in [6.45, 7) is 8.66. The van der Waals surface area contributed by atoms with Gasteiger partial charge in [-0.1, -0.05) is 44.2 Å². The summed E-state index contributed by atoms with van der Waals surface area (Å²) < 4.78 is 0. The van der Waals surface area contributed by atoms with E-state index in [1.54, 1.807) is 0 Å². The number of aliphatic hydroxyl groups is 1. The van der Waals surface area contributed by atoms with E-state index >= 15 is 0 Å². The van der Waals surface area contributed by atoms with Gasteiger partial charge in [-0.05, 0) is 24.9 Å². The van der Waals surface area contributed by atoms with Crippen molar-refractivity contribution in [3.63, 3.8) is 0 Å². The van der Waals surface area contributed by atoms with Crippen LogP contribution in [0.25, 0.3) is 0 Å². The Morgan fingerprint density at radius 2 is 2.05 bits per heavy atom. The smallest absolute Gasteiger partial charge is 0.0494 e. The standard InChI is InChI=1S/C17H28N2O/c1-17(2,14-20)13-18-16-9-6-10-19(12-16)11-15-7-4-3-5-8-15/h3-5,7-8,16,18,20H,6,9-14H2,1-2H3. The van der Waals surface area contributed by atoms with Crippen LogP contribution in [0.1, 0.15) is 32.3 Å². The van der Waals surface area contributed by atoms with Crippen LogP contribution in [0.3, 0.4) is 0 Å². The van der Waals surface area contributed by atoms with Gasteiger partial charge < -0.3 is 10.4 Å². The van der Waals surface area contributed by atoms with E-state index in [9.17, 15) is 5.11 Å². The van der Waals surface area contributed by atoms with E-state index in [0.717, 1.165) is 19.6 Å². The normalized spacial score (nSPS) is 21.1. The Kier molecular flexibility index (Phi) is 5.58. The van der Waals surface area contributed by atoms with E-state index in [2.05, 4.69) is 54.4 Å². The van der Waals surface area contributed by atoms with Crippen LogP contribution in [0.5, 0.6) is 0 Å². The van der Waals surface area contributed by atoms with Gasteiger partial charge in [0.1, 0.15) is 0 Å². The topological polar surface area (TPSA) is 35.5 Å². The minimum atomic E-state index is -0.0261. The molecule has 3 heteroatoms. The molecule has 2 N–H and O–H groups in total. The van der Waals surface area contributed by atoms with Crippen molar-refractivity contribution in [3.8, 4) is 0 Å². The fourth-order valence-corrected chi connectivity index (χ4v) is 2.68. The SMILES string of the molecule is CC(C)(CO)CNC1CCCN(Cc2ccccc2)C1. The monoisotopic (exact) mass is 276 g/mol. The Morgan fingerprint density at radius 3 is 2.75 bits per heavy atom. The molecule has 1 aromatic carbocycles. The molecule has 0 bridgehead atoms. The van der Waals surface area contributed by atoms with Crippen LogP contribution in [-0.2, 0) is 6.54 Å². The number of aliphatic hydroxyl groups excluding tert-OH is 1. The summed E-state index contributed by atoms with van der Waals surface area (Å²) in [4.78, 5) is 2.53. The van der Waals surface area contributed by atoms with Gasteiger partial charge in [-0.3, -0.25) is 4.90 Å². The molecular weight excluding hydrogens is 248 g/mol. The molecule has 0 radical (unpaired) electrons. The van der Waals surface area contributed by atoms with Crippen molar-refractivity contribution < 1.29 is 5.11 Å². The average Bonchev–Trinajstić information content (AvgIpc) is 2.47. The summed E-state index contributed by atoms with van der Waals surface area (Å²) in [5, 5.41) is 12.9. The number of hydrogen-bond acceptors (Lipinski definition) is 3. The molecule has 1 aromatic rings. The second kappa shape index (κ2) is 7.21. The summed E-state index contributed by atoms with van der Waals surface area (Å²) in [5.41, 5.74) is 1.37. The minimum Gasteiger partial charge on any atom is -0.396 e. The van der Waals surface area contributed by atoms with Gasteiger partial charge in [0.2, 0.25) is 0 Å². The lowest BCUT2D eigenvalue weighted by molar-refractivity contribution is 0.135. The van der Waals surface area contributed by atoms with E-state index in [4.69, 9.17) is 0 Å². The van der Waals surface area contributed by atoms with Gasteiger partial charge in [0, 0.05) is 37.7 Å². The third kappa shape index (κ3) is 4.89. The third-order valence-corrected chi connectivity index (χ3v) is 4.05. The van der Waals surface area contributed by atoms with E-state index < -0.39 is 0 Å². The van der Waals surface area contributed by atoms with Crippen LogP contribution in [-0.4, -0.2) is 42.3 Å². The Labute approximate surface area is 123 Å². The molecule has 1 atom stereocenters. The molecule has 1 saturated heterocycles. The summed E-state index contributed by atoms with van der Waals surface area (Å²) >= 11 is 0. The number of likely N-dealkylation sites (tertiary alicyclic amines) is 1. The third-order valence-electron chi connectivity index (χ3n) is 4.05. The highest BCUT2D eigenvalue weighted by Crippen LogP contribution is 2.16. The zero-order valence-corrected chi connectivity index (χ0v) is 12.8. The predicted octanol–water partition coefficient (Wildman–Crippen LogP) is 2.26. The first kappa shape index (κ1) is 15.5. The number of nitrogens with one attached hydrogen (secondary N) is 1. The number of rotatable bonds is 6. The summed E-state index contributed by atoms with van der Waals surface area (Å²) in [6.07, 6.45) is 2.50. The molecule has 3 nitrogen and oxygen atoms in total. The maximum atomic E-state index is 9.32. The lowest BCUT2D eigenvalue weighted by Crippen LogP contribution is -2.48. The lowest BCUT2D eigenvalue weighted by atomic mass is 9.94. The second-order valence-corrected chi connectivity index (χ2v) is 6.76. The van der Waals surface area contributed by atoms with E-state index in [1.807, 2.05) is 0 Å². The van der Waals surface area contributed by atoms with Crippen LogP contribution in [0, 0.1) is 5.41 Å². The molecule has 0 spiro atoms. The van der Waals surface area contributed by atoms with Crippen molar-refractivity contribution in [2.45, 2.75) is 39.3 Å². The quantitative estimate of drug-likeness (QED) is 0.836. The zero-order chi connectivity index (χ0) is 14.4. The molecule has 0 saturated carbocycles. The Morgan fingerprint density at radius 1 is 1.30 bits per heavy atom. The van der Waals surface area contributed by atoms with Crippen LogP contribution >= 0.6 is 0 Å². The highest BCUT2D eigenvalue weighted by atomic mass is 16.3. The Balaban J connectivity index is 1.80. The molecule has 112 valence electrons. The van der Waals surface area contributed by atoms with Crippen molar-refractivity contribution in [2.24, 2.45) is 5.41 Å². The summed E-state index contributed by atoms with van der Waals surface area (Å²) in [5.74, 6) is 0. The van der Waals surface area contributed by atoms with E-state index in [-0.39, 0.29) is 12.0 Å². The van der Waals surface area contributed by atoms with Crippen LogP contribution in [0.15, 0.2) is 30.3 Å². The van der Waals surface area contributed by atoms with Gasteiger partial charge in [-0.25, -0.2) is 0 Å². The first-order valence-electron chi connectivity index (χ1n) is 7.69. The number of benzene rings is 1. The maximum absolute atomic E-state index is 9.32. The summed E-state index contributed by atoms with van der Waals surface area (Å²) in [6, 6.07) is 11.2. The Hall–Kier alpha value is -0.900. The van der Waals surface area contributed by atoms with E-state index in [0.29, 0.717) is 6.04 Å². The van der Waals surface area contributed by atoms with Gasteiger partial charge in [0.05, 0.1) is 0 Å². The van der Waals surface area contributed by atoms with Gasteiger partial charge in [0.25, 0.3) is 0 Å². The minimum absolute atomic E-state index is 0.0261. The van der Waals surface area contributed by atoms with Crippen molar-refractivity contribution in [2.75, 3.05) is 26.2 Å². The first-order chi connectivity index (χ1) is 9.59. The average molecular weight is 276 g/mol. The van der Waals surface area contributed by atoms with Crippen LogP contribution in [0.2, 0.25) is 0 Å². The number of piperidine rings is 1. The number of hydrogen-bond donors (Lipinski definition) is 2. The fourth-order valence-electron chi connectivity index (χ4n) is 2.68. The van der Waals surface area contributed by atoms with Crippen molar-refractivity contribution in [3.05, 3.63) is 35.9 Å². The largest absolute Gasteiger partial charge is 0.396 e. The molecule has 1 fully saturated rings. The van der Waals surface area contributed by atoms with Gasteiger partial charge in [-0.2, -0.15) is 0 Å². The highest BCUT2D eigenvalue weighted by Gasteiger charge is 2.23. The van der Waals surface area contributed by atoms with Crippen LogP contribution < -0.4 is 5.32 Å². The van der Waals surface area contributed by atoms with Gasteiger partial charge in [0.15, 0.2) is 0 Å². The predicted molar refractivity (Wildman–Crippen MR) is 83.6 cm³/mol. The number of nitrogens with zero attached hydrogens (tertiary/aromatic N) is 1. The molecular formula is C17H28N2O. The van der Waals surface area contributed by atoms with Crippen molar-refractivity contribution in [1.29, 1.82) is 0 Å². The molecule has 0 amide bonds. The van der Waals surface area contributed by atoms with Gasteiger partial charge >= 0.3 is 0 Å². The summed E-state index contributed by atoms with van der Waals surface area (Å²) in [7, 11) is 0. The van der Waals surface area contributed by atoms with Crippen molar-refractivity contribution in [1.82, 2.24) is 10.2 Å². The van der Waals surface area contributed by atoms with E-state index in [1.165, 1.54) is 24.9 Å². The second-order valence-electron chi connectivity index (χ2n) is 6.76. The molecule has 1 unspecified atom stereocenters. The van der Waals surface area contributed by atoms with Crippen molar-refractivity contribution >= 4 is 0 Å². The van der Waals surface area contributed by atoms with Crippen LogP contribution in [0.4, 0.5) is 0 Å². The molecule has 20 heavy (non-hydrogen) atoms. The molecule has 2 rings (SSSR count). The zero-order valence-electron chi connectivity index (χ0n) is 12.8. The molecule has 0 aliphatic carbocycles. The molecule has 1 aliphatic rings. The lowest BCUT2D eigenvalue weighted by Gasteiger charge is -2.35. The highest BCUT2D eigenvalue weighted by molar-refractivity contribution is 5.14. The molecule has 1 heterocycles. The van der Waals surface area contributed by atoms with Gasteiger partial charge in [-0.15, -0.1) is 0 Å². The molecule has 0 aromatic heterocycles. The first-order valence-corrected chi connectivity index (χ1v) is 7.69. The fraction of sp³-hybridized carbons (Fsp3) is 0.647. The maximum Gasteiger partial charge on any atom is 0.0494 e. The molecule has 1 aliphatic heterocycles. The Bertz CT molecular complexity index is 391.